The lowest BCUT2D eigenvalue weighted by Crippen LogP contribution is -2.24. The normalized spacial score (nSPS) is 10.1. The van der Waals surface area contributed by atoms with E-state index in [0.29, 0.717) is 17.0 Å². The number of para-hydroxylation sites is 1. The van der Waals surface area contributed by atoms with Gasteiger partial charge >= 0.3 is 5.97 Å². The van der Waals surface area contributed by atoms with Crippen LogP contribution in [0.1, 0.15) is 42.6 Å². The number of anilines is 1. The van der Waals surface area contributed by atoms with E-state index < -0.39 is 5.97 Å². The number of hydrogen-bond acceptors (Lipinski definition) is 5. The van der Waals surface area contributed by atoms with Crippen molar-refractivity contribution in [3.63, 3.8) is 0 Å². The maximum atomic E-state index is 12.4. The molecular weight excluding hydrogens is 360 g/mol. The smallest absolute Gasteiger partial charge is 0.308 e. The maximum Gasteiger partial charge on any atom is 0.308 e. The topological polar surface area (TPSA) is 102 Å². The van der Waals surface area contributed by atoms with E-state index in [9.17, 15) is 19.2 Å². The molecule has 0 fully saturated rings. The van der Waals surface area contributed by atoms with Crippen LogP contribution < -0.4 is 15.4 Å². The molecule has 0 bridgehead atoms. The van der Waals surface area contributed by atoms with Crippen LogP contribution in [0.2, 0.25) is 0 Å². The van der Waals surface area contributed by atoms with E-state index in [4.69, 9.17) is 4.74 Å². The van der Waals surface area contributed by atoms with Crippen LogP contribution in [0.5, 0.6) is 5.75 Å². The molecule has 2 N–H and O–H groups in total. The predicted molar refractivity (Wildman–Crippen MR) is 104 cm³/mol. The number of esters is 1. The summed E-state index contributed by atoms with van der Waals surface area (Å²) in [6, 6.07) is 13.4. The van der Waals surface area contributed by atoms with Crippen LogP contribution in [0.3, 0.4) is 0 Å². The van der Waals surface area contributed by atoms with Crippen molar-refractivity contribution >= 4 is 29.3 Å². The number of carbonyl (C=O) groups excluding carboxylic acids is 4. The first-order chi connectivity index (χ1) is 13.3. The van der Waals surface area contributed by atoms with Gasteiger partial charge in [-0.1, -0.05) is 24.3 Å². The van der Waals surface area contributed by atoms with Crippen molar-refractivity contribution < 1.29 is 23.9 Å². The summed E-state index contributed by atoms with van der Waals surface area (Å²) in [7, 11) is 0. The van der Waals surface area contributed by atoms with Gasteiger partial charge in [-0.15, -0.1) is 0 Å². The zero-order valence-electron chi connectivity index (χ0n) is 15.8. The van der Waals surface area contributed by atoms with Crippen LogP contribution in [0.4, 0.5) is 5.69 Å². The lowest BCUT2D eigenvalue weighted by Gasteiger charge is -2.12. The van der Waals surface area contributed by atoms with Crippen LogP contribution in [0.15, 0.2) is 48.5 Å². The third kappa shape index (κ3) is 6.68. The number of amides is 2. The van der Waals surface area contributed by atoms with Crippen molar-refractivity contribution in [3.05, 3.63) is 59.7 Å². The summed E-state index contributed by atoms with van der Waals surface area (Å²) in [4.78, 5) is 46.4. The van der Waals surface area contributed by atoms with Crippen molar-refractivity contribution in [2.45, 2.75) is 33.2 Å². The predicted octanol–water partition coefficient (Wildman–Crippen LogP) is 2.85. The first-order valence-electron chi connectivity index (χ1n) is 8.79. The second kappa shape index (κ2) is 10.0. The number of Topliss-reactive ketones (excluding diaryl/α,β-unsaturated/α-hetero) is 1. The number of ether oxygens (including phenoxy) is 1. The van der Waals surface area contributed by atoms with Crippen LogP contribution in [0, 0.1) is 0 Å². The largest absolute Gasteiger partial charge is 0.427 e. The highest BCUT2D eigenvalue weighted by molar-refractivity contribution is 5.95. The molecule has 0 unspecified atom stereocenters. The van der Waals surface area contributed by atoms with Crippen molar-refractivity contribution in [1.29, 1.82) is 0 Å². The molecule has 0 aliphatic carbocycles. The molecule has 0 aliphatic rings. The van der Waals surface area contributed by atoms with Crippen LogP contribution in [-0.4, -0.2) is 23.6 Å². The van der Waals surface area contributed by atoms with Gasteiger partial charge in [-0.3, -0.25) is 14.4 Å². The van der Waals surface area contributed by atoms with Gasteiger partial charge in [0.1, 0.15) is 11.5 Å². The molecule has 28 heavy (non-hydrogen) atoms. The number of benzene rings is 2. The van der Waals surface area contributed by atoms with E-state index in [-0.39, 0.29) is 37.0 Å². The van der Waals surface area contributed by atoms with Gasteiger partial charge in [0.15, 0.2) is 0 Å². The van der Waals surface area contributed by atoms with Crippen LogP contribution >= 0.6 is 0 Å². The summed E-state index contributed by atoms with van der Waals surface area (Å²) < 4.78 is 4.98. The first kappa shape index (κ1) is 20.8. The molecule has 0 saturated heterocycles. The average molecular weight is 382 g/mol. The Morgan fingerprint density at radius 2 is 1.68 bits per heavy atom. The lowest BCUT2D eigenvalue weighted by molar-refractivity contribution is -0.131. The maximum absolute atomic E-state index is 12.4. The molecule has 0 spiro atoms. The van der Waals surface area contributed by atoms with Crippen molar-refractivity contribution in [3.8, 4) is 5.75 Å². The van der Waals surface area contributed by atoms with Gasteiger partial charge in [0.2, 0.25) is 5.91 Å². The molecule has 2 aromatic carbocycles. The molecule has 0 aliphatic heterocycles. The Balaban J connectivity index is 2.00. The molecule has 0 aromatic heterocycles. The number of ketones is 1. The number of nitrogens with one attached hydrogen (secondary N) is 2. The fraction of sp³-hybridized carbons (Fsp3) is 0.238. The highest BCUT2D eigenvalue weighted by Crippen LogP contribution is 2.17. The Hall–Kier alpha value is -3.48. The fourth-order valence-electron chi connectivity index (χ4n) is 2.44. The lowest BCUT2D eigenvalue weighted by atomic mass is 10.1. The number of carbonyl (C=O) groups is 4. The van der Waals surface area contributed by atoms with E-state index in [1.54, 1.807) is 42.5 Å². The summed E-state index contributed by atoms with van der Waals surface area (Å²) in [5, 5.41) is 5.53. The summed E-state index contributed by atoms with van der Waals surface area (Å²) in [6.07, 6.45) is 0.294. The Kier molecular flexibility index (Phi) is 7.45. The van der Waals surface area contributed by atoms with E-state index in [0.717, 1.165) is 5.56 Å². The molecule has 7 nitrogen and oxygen atoms in total. The van der Waals surface area contributed by atoms with Crippen LogP contribution in [-0.2, 0) is 20.9 Å². The zero-order valence-corrected chi connectivity index (χ0v) is 15.8. The van der Waals surface area contributed by atoms with Crippen molar-refractivity contribution in [2.75, 3.05) is 5.32 Å². The molecule has 2 amide bonds. The molecule has 2 aromatic rings. The van der Waals surface area contributed by atoms with Gasteiger partial charge in [0.25, 0.3) is 5.91 Å². The Labute approximate surface area is 163 Å². The molecule has 146 valence electrons. The van der Waals surface area contributed by atoms with Gasteiger partial charge < -0.3 is 20.2 Å². The van der Waals surface area contributed by atoms with E-state index in [1.165, 1.54) is 19.9 Å². The minimum atomic E-state index is -0.466. The molecule has 7 heteroatoms. The molecule has 0 heterocycles. The summed E-state index contributed by atoms with van der Waals surface area (Å²) >= 11 is 0. The first-order valence-corrected chi connectivity index (χ1v) is 8.79. The second-order valence-corrected chi connectivity index (χ2v) is 6.21. The minimum Gasteiger partial charge on any atom is -0.427 e. The second-order valence-electron chi connectivity index (χ2n) is 6.21. The molecular formula is C21H22N2O5. The van der Waals surface area contributed by atoms with Gasteiger partial charge in [0, 0.05) is 37.6 Å². The standard InChI is InChI=1S/C21H22N2O5/c1-14(24)10-11-20(26)23-19-9-4-3-6-17(19)13-22-21(27)16-7-5-8-18(12-16)28-15(2)25/h3-9,12H,10-11,13H2,1-2H3,(H,22,27)(H,23,26). The highest BCUT2D eigenvalue weighted by atomic mass is 16.5. The number of hydrogen-bond donors (Lipinski definition) is 2. The van der Waals surface area contributed by atoms with Crippen molar-refractivity contribution in [1.82, 2.24) is 5.32 Å². The van der Waals surface area contributed by atoms with Gasteiger partial charge in [0.05, 0.1) is 0 Å². The Morgan fingerprint density at radius 1 is 0.929 bits per heavy atom. The monoisotopic (exact) mass is 382 g/mol. The van der Waals surface area contributed by atoms with E-state index >= 15 is 0 Å². The van der Waals surface area contributed by atoms with Crippen LogP contribution in [0.25, 0.3) is 0 Å². The fourth-order valence-corrected chi connectivity index (χ4v) is 2.44. The highest BCUT2D eigenvalue weighted by Gasteiger charge is 2.11. The van der Waals surface area contributed by atoms with Gasteiger partial charge in [-0.05, 0) is 36.8 Å². The third-order valence-electron chi connectivity index (χ3n) is 3.79. The average Bonchev–Trinajstić information content (AvgIpc) is 2.65. The Bertz CT molecular complexity index is 892. The van der Waals surface area contributed by atoms with Gasteiger partial charge in [-0.25, -0.2) is 0 Å². The van der Waals surface area contributed by atoms with Crippen molar-refractivity contribution in [2.24, 2.45) is 0 Å². The quantitative estimate of drug-likeness (QED) is 0.540. The molecule has 2 rings (SSSR count). The minimum absolute atomic E-state index is 0.0494. The summed E-state index contributed by atoms with van der Waals surface area (Å²) in [6.45, 7) is 2.92. The SMILES string of the molecule is CC(=O)CCC(=O)Nc1ccccc1CNC(=O)c1cccc(OC(C)=O)c1. The number of rotatable bonds is 8. The summed E-state index contributed by atoms with van der Waals surface area (Å²) in [5.41, 5.74) is 1.65. The molecule has 0 atom stereocenters. The molecule has 0 radical (unpaired) electrons. The Morgan fingerprint density at radius 3 is 2.39 bits per heavy atom. The summed E-state index contributed by atoms with van der Waals surface area (Å²) in [5.74, 6) is -0.827. The van der Waals surface area contributed by atoms with E-state index in [2.05, 4.69) is 10.6 Å². The molecule has 0 saturated carbocycles. The van der Waals surface area contributed by atoms with Gasteiger partial charge in [-0.2, -0.15) is 0 Å². The third-order valence-corrected chi connectivity index (χ3v) is 3.79. The zero-order chi connectivity index (χ0) is 20.5. The van der Waals surface area contributed by atoms with E-state index in [1.807, 2.05) is 0 Å².